The Morgan fingerprint density at radius 1 is 0.935 bits per heavy atom. The molecule has 0 aliphatic heterocycles. The minimum atomic E-state index is -3.74. The van der Waals surface area contributed by atoms with Crippen LogP contribution in [0.4, 0.5) is 16.0 Å². The summed E-state index contributed by atoms with van der Waals surface area (Å²) < 4.78 is 51.3. The molecule has 1 amide bonds. The van der Waals surface area contributed by atoms with E-state index >= 15 is 0 Å². The van der Waals surface area contributed by atoms with Crippen molar-refractivity contribution in [1.82, 2.24) is 10.2 Å². The molecular formula is C18H19N5O5S3. The van der Waals surface area contributed by atoms with Crippen LogP contribution < -0.4 is 14.3 Å². The normalized spacial score (nSPS) is 11.7. The summed E-state index contributed by atoms with van der Waals surface area (Å²) in [4.78, 5) is 12.6. The lowest BCUT2D eigenvalue weighted by Gasteiger charge is -2.19. The maximum absolute atomic E-state index is 12.8. The van der Waals surface area contributed by atoms with Crippen LogP contribution in [0, 0.1) is 6.92 Å². The average molecular weight is 482 g/mol. The van der Waals surface area contributed by atoms with Crippen LogP contribution in [0.1, 0.15) is 15.9 Å². The van der Waals surface area contributed by atoms with Gasteiger partial charge < -0.3 is 0 Å². The summed E-state index contributed by atoms with van der Waals surface area (Å²) in [6.45, 7) is 1.87. The highest BCUT2D eigenvalue weighted by atomic mass is 32.2. The summed E-state index contributed by atoms with van der Waals surface area (Å²) in [5, 5.41) is 9.99. The smallest absolute Gasteiger partial charge is 0.264 e. The SMILES string of the molecule is Cc1ccc(S(=O)(=O)N(C)c2ccc(C(=O)Nc3nnc(NS(C)(=O)=O)s3)cc2)cc1. The summed E-state index contributed by atoms with van der Waals surface area (Å²) >= 11 is 0.861. The van der Waals surface area contributed by atoms with Crippen LogP contribution in [0.2, 0.25) is 0 Å². The van der Waals surface area contributed by atoms with Gasteiger partial charge in [0.1, 0.15) is 0 Å². The summed E-state index contributed by atoms with van der Waals surface area (Å²) in [6.07, 6.45) is 0.976. The summed E-state index contributed by atoms with van der Waals surface area (Å²) in [7, 11) is -5.81. The fourth-order valence-electron chi connectivity index (χ4n) is 2.47. The van der Waals surface area contributed by atoms with Crippen molar-refractivity contribution < 1.29 is 21.6 Å². The molecule has 0 atom stereocenters. The van der Waals surface area contributed by atoms with Crippen molar-refractivity contribution in [2.24, 2.45) is 0 Å². The second kappa shape index (κ2) is 8.61. The third-order valence-corrected chi connectivity index (χ3v) is 7.34. The first-order valence-corrected chi connectivity index (χ1v) is 12.9. The lowest BCUT2D eigenvalue weighted by Crippen LogP contribution is -2.26. The number of nitrogens with one attached hydrogen (secondary N) is 2. The van der Waals surface area contributed by atoms with Crippen molar-refractivity contribution in [3.8, 4) is 0 Å². The largest absolute Gasteiger partial charge is 0.296 e. The lowest BCUT2D eigenvalue weighted by atomic mass is 10.2. The fraction of sp³-hybridized carbons (Fsp3) is 0.167. The Kier molecular flexibility index (Phi) is 6.29. The molecule has 0 radical (unpaired) electrons. The first-order chi connectivity index (χ1) is 14.5. The van der Waals surface area contributed by atoms with Crippen LogP contribution in [-0.4, -0.2) is 46.2 Å². The molecule has 3 rings (SSSR count). The van der Waals surface area contributed by atoms with Gasteiger partial charge >= 0.3 is 0 Å². The molecule has 164 valence electrons. The number of hydrogen-bond donors (Lipinski definition) is 2. The van der Waals surface area contributed by atoms with Crippen LogP contribution in [0.15, 0.2) is 53.4 Å². The predicted molar refractivity (Wildman–Crippen MR) is 120 cm³/mol. The molecule has 0 aliphatic rings. The van der Waals surface area contributed by atoms with Crippen molar-refractivity contribution in [3.05, 3.63) is 59.7 Å². The highest BCUT2D eigenvalue weighted by molar-refractivity contribution is 7.93. The van der Waals surface area contributed by atoms with Crippen LogP contribution in [-0.2, 0) is 20.0 Å². The molecule has 0 fully saturated rings. The fourth-order valence-corrected chi connectivity index (χ4v) is 5.14. The van der Waals surface area contributed by atoms with Crippen LogP contribution in [0.5, 0.6) is 0 Å². The number of aromatic nitrogens is 2. The van der Waals surface area contributed by atoms with Gasteiger partial charge in [0.25, 0.3) is 15.9 Å². The Labute approximate surface area is 184 Å². The number of rotatable bonds is 7. The Morgan fingerprint density at radius 2 is 1.52 bits per heavy atom. The zero-order valence-electron chi connectivity index (χ0n) is 16.7. The first-order valence-electron chi connectivity index (χ1n) is 8.74. The molecular weight excluding hydrogens is 462 g/mol. The molecule has 10 nitrogen and oxygen atoms in total. The molecule has 1 heterocycles. The Bertz CT molecular complexity index is 1300. The van der Waals surface area contributed by atoms with E-state index in [0.29, 0.717) is 5.69 Å². The monoisotopic (exact) mass is 481 g/mol. The maximum Gasteiger partial charge on any atom is 0.264 e. The van der Waals surface area contributed by atoms with Gasteiger partial charge in [-0.25, -0.2) is 16.8 Å². The third kappa shape index (κ3) is 5.57. The minimum absolute atomic E-state index is 0.0242. The van der Waals surface area contributed by atoms with E-state index in [1.54, 1.807) is 12.1 Å². The molecule has 0 bridgehead atoms. The number of hydrogen-bond acceptors (Lipinski definition) is 8. The van der Waals surface area contributed by atoms with Gasteiger partial charge in [0.05, 0.1) is 16.8 Å². The molecule has 0 saturated heterocycles. The topological polar surface area (TPSA) is 138 Å². The summed E-state index contributed by atoms with van der Waals surface area (Å²) in [5.41, 5.74) is 1.59. The van der Waals surface area contributed by atoms with Gasteiger partial charge in [-0.3, -0.25) is 19.1 Å². The Morgan fingerprint density at radius 3 is 2.10 bits per heavy atom. The van der Waals surface area contributed by atoms with Gasteiger partial charge in [-0.1, -0.05) is 29.0 Å². The zero-order chi connectivity index (χ0) is 22.8. The quantitative estimate of drug-likeness (QED) is 0.528. The van der Waals surface area contributed by atoms with Crippen molar-refractivity contribution in [3.63, 3.8) is 0 Å². The van der Waals surface area contributed by atoms with E-state index in [1.807, 2.05) is 6.92 Å². The summed E-state index contributed by atoms with van der Waals surface area (Å²) in [5.74, 6) is -0.502. The van der Waals surface area contributed by atoms with Gasteiger partial charge in [-0.2, -0.15) is 0 Å². The maximum atomic E-state index is 12.8. The van der Waals surface area contributed by atoms with Crippen molar-refractivity contribution >= 4 is 53.2 Å². The first kappa shape index (κ1) is 22.7. The minimum Gasteiger partial charge on any atom is -0.296 e. The Hall–Kier alpha value is -3.03. The van der Waals surface area contributed by atoms with E-state index in [4.69, 9.17) is 0 Å². The van der Waals surface area contributed by atoms with Crippen molar-refractivity contribution in [2.45, 2.75) is 11.8 Å². The Balaban J connectivity index is 1.72. The third-order valence-electron chi connectivity index (χ3n) is 4.09. The van der Waals surface area contributed by atoms with Gasteiger partial charge in [-0.05, 0) is 43.3 Å². The van der Waals surface area contributed by atoms with Crippen LogP contribution >= 0.6 is 11.3 Å². The zero-order valence-corrected chi connectivity index (χ0v) is 19.2. The van der Waals surface area contributed by atoms with Crippen LogP contribution in [0.25, 0.3) is 0 Å². The number of sulfonamides is 2. The number of amides is 1. The van der Waals surface area contributed by atoms with Crippen molar-refractivity contribution in [2.75, 3.05) is 27.6 Å². The van der Waals surface area contributed by atoms with E-state index in [9.17, 15) is 21.6 Å². The molecule has 2 N–H and O–H groups in total. The number of benzene rings is 2. The highest BCUT2D eigenvalue weighted by Crippen LogP contribution is 2.24. The molecule has 31 heavy (non-hydrogen) atoms. The number of carbonyl (C=O) groups is 1. The van der Waals surface area contributed by atoms with Gasteiger partial charge in [0.15, 0.2) is 0 Å². The second-order valence-corrected chi connectivity index (χ2v) is 11.3. The van der Waals surface area contributed by atoms with Gasteiger partial charge in [-0.15, -0.1) is 10.2 Å². The van der Waals surface area contributed by atoms with E-state index in [-0.39, 0.29) is 20.7 Å². The molecule has 2 aromatic carbocycles. The standard InChI is InChI=1S/C18H19N5O5S3/c1-12-4-10-15(11-5-12)31(27,28)23(2)14-8-6-13(7-9-14)16(24)19-17-20-21-18(29-17)22-30(3,25)26/h4-11H,1-3H3,(H,21,22)(H,19,20,24). The summed E-state index contributed by atoms with van der Waals surface area (Å²) in [6, 6.07) is 12.5. The molecule has 1 aromatic heterocycles. The second-order valence-electron chi connectivity index (χ2n) is 6.57. The number of carbonyl (C=O) groups excluding carboxylic acids is 1. The molecule has 0 spiro atoms. The van der Waals surface area contributed by atoms with E-state index in [1.165, 1.54) is 43.4 Å². The van der Waals surface area contributed by atoms with Crippen LogP contribution in [0.3, 0.4) is 0 Å². The molecule has 3 aromatic rings. The predicted octanol–water partition coefficient (Wildman–Crippen LogP) is 2.30. The van der Waals surface area contributed by atoms with E-state index < -0.39 is 26.0 Å². The average Bonchev–Trinajstić information content (AvgIpc) is 3.12. The lowest BCUT2D eigenvalue weighted by molar-refractivity contribution is 0.102. The number of aryl methyl sites for hydroxylation is 1. The molecule has 0 unspecified atom stereocenters. The van der Waals surface area contributed by atoms with Gasteiger partial charge in [0.2, 0.25) is 20.3 Å². The van der Waals surface area contributed by atoms with Gasteiger partial charge in [0, 0.05) is 12.6 Å². The molecule has 0 aliphatic carbocycles. The highest BCUT2D eigenvalue weighted by Gasteiger charge is 2.21. The van der Waals surface area contributed by atoms with E-state index in [0.717, 1.165) is 27.5 Å². The molecule has 0 saturated carbocycles. The molecule has 13 heteroatoms. The van der Waals surface area contributed by atoms with E-state index in [2.05, 4.69) is 20.2 Å². The van der Waals surface area contributed by atoms with Crippen molar-refractivity contribution in [1.29, 1.82) is 0 Å². The number of nitrogens with zero attached hydrogens (tertiary/aromatic N) is 3. The number of anilines is 3.